The average Bonchev–Trinajstić information content (AvgIpc) is 3.23. The normalized spacial score (nSPS) is 17.4. The lowest BCUT2D eigenvalue weighted by atomic mass is 10.2. The predicted molar refractivity (Wildman–Crippen MR) is 90.0 cm³/mol. The highest BCUT2D eigenvalue weighted by Crippen LogP contribution is 2.20. The van der Waals surface area contributed by atoms with Crippen LogP contribution in [0.2, 0.25) is 0 Å². The van der Waals surface area contributed by atoms with E-state index in [4.69, 9.17) is 4.74 Å². The maximum atomic E-state index is 12.7. The van der Waals surface area contributed by atoms with Gasteiger partial charge in [0.15, 0.2) is 0 Å². The number of amides is 1. The summed E-state index contributed by atoms with van der Waals surface area (Å²) in [4.78, 5) is 17.7. The standard InChI is InChI=1S/C18H18N4O2/c1-12-6-7-17(21-20-12)24-14-8-9-22(11-14)18(23)16-10-13-4-2-3-5-15(13)19-16/h2-7,10,14,19H,8-9,11H2,1H3/t14-/m0/s1. The summed E-state index contributed by atoms with van der Waals surface area (Å²) in [6.07, 6.45) is 0.747. The minimum Gasteiger partial charge on any atom is -0.471 e. The first kappa shape index (κ1) is 14.7. The van der Waals surface area contributed by atoms with Crippen LogP contribution in [0, 0.1) is 6.92 Å². The van der Waals surface area contributed by atoms with Gasteiger partial charge in [-0.15, -0.1) is 5.10 Å². The summed E-state index contributed by atoms with van der Waals surface area (Å²) in [6.45, 7) is 3.12. The fourth-order valence-electron chi connectivity index (χ4n) is 2.99. The summed E-state index contributed by atoms with van der Waals surface area (Å²) in [7, 11) is 0. The molecule has 2 aromatic heterocycles. The van der Waals surface area contributed by atoms with Gasteiger partial charge >= 0.3 is 0 Å². The number of likely N-dealkylation sites (tertiary alicyclic amines) is 1. The monoisotopic (exact) mass is 322 g/mol. The van der Waals surface area contributed by atoms with Crippen LogP contribution in [0.4, 0.5) is 0 Å². The first-order chi connectivity index (χ1) is 11.7. The van der Waals surface area contributed by atoms with Gasteiger partial charge in [0.2, 0.25) is 5.88 Å². The van der Waals surface area contributed by atoms with E-state index < -0.39 is 0 Å². The third-order valence-corrected chi connectivity index (χ3v) is 4.25. The van der Waals surface area contributed by atoms with Crippen LogP contribution >= 0.6 is 0 Å². The molecular weight excluding hydrogens is 304 g/mol. The largest absolute Gasteiger partial charge is 0.471 e. The Labute approximate surface area is 139 Å². The minimum atomic E-state index is -0.0460. The Bertz CT molecular complexity index is 839. The highest BCUT2D eigenvalue weighted by molar-refractivity contribution is 5.98. The van der Waals surface area contributed by atoms with Gasteiger partial charge in [-0.25, -0.2) is 0 Å². The third-order valence-electron chi connectivity index (χ3n) is 4.25. The van der Waals surface area contributed by atoms with Gasteiger partial charge in [-0.05, 0) is 25.1 Å². The van der Waals surface area contributed by atoms with E-state index in [-0.39, 0.29) is 12.0 Å². The van der Waals surface area contributed by atoms with Crippen LogP contribution in [0.15, 0.2) is 42.5 Å². The van der Waals surface area contributed by atoms with E-state index in [9.17, 15) is 4.79 Å². The van der Waals surface area contributed by atoms with Crippen LogP contribution in [-0.2, 0) is 0 Å². The second-order valence-electron chi connectivity index (χ2n) is 6.06. The van der Waals surface area contributed by atoms with Crippen molar-refractivity contribution < 1.29 is 9.53 Å². The van der Waals surface area contributed by atoms with E-state index >= 15 is 0 Å². The fraction of sp³-hybridized carbons (Fsp3) is 0.278. The molecule has 0 unspecified atom stereocenters. The quantitative estimate of drug-likeness (QED) is 0.804. The predicted octanol–water partition coefficient (Wildman–Crippen LogP) is 2.56. The molecule has 1 fully saturated rings. The lowest BCUT2D eigenvalue weighted by Crippen LogP contribution is -2.31. The molecule has 1 amide bonds. The van der Waals surface area contributed by atoms with Gasteiger partial charge in [0.1, 0.15) is 11.8 Å². The van der Waals surface area contributed by atoms with Crippen LogP contribution < -0.4 is 4.74 Å². The number of nitrogens with one attached hydrogen (secondary N) is 1. The van der Waals surface area contributed by atoms with E-state index in [1.165, 1.54) is 0 Å². The fourth-order valence-corrected chi connectivity index (χ4v) is 2.99. The molecule has 6 heteroatoms. The van der Waals surface area contributed by atoms with Crippen LogP contribution in [0.5, 0.6) is 5.88 Å². The molecule has 3 aromatic rings. The smallest absolute Gasteiger partial charge is 0.270 e. The molecule has 1 aliphatic rings. The van der Waals surface area contributed by atoms with Crippen molar-refractivity contribution >= 4 is 16.8 Å². The zero-order valence-electron chi connectivity index (χ0n) is 13.4. The van der Waals surface area contributed by atoms with Crippen molar-refractivity contribution in [1.29, 1.82) is 0 Å². The number of ether oxygens (including phenoxy) is 1. The van der Waals surface area contributed by atoms with E-state index in [1.807, 2.05) is 54.3 Å². The zero-order valence-corrected chi connectivity index (χ0v) is 13.4. The summed E-state index contributed by atoms with van der Waals surface area (Å²) < 4.78 is 5.83. The minimum absolute atomic E-state index is 0.00675. The average molecular weight is 322 g/mol. The number of nitrogens with zero attached hydrogens (tertiary/aromatic N) is 3. The molecular formula is C18H18N4O2. The van der Waals surface area contributed by atoms with E-state index in [0.717, 1.165) is 23.0 Å². The maximum absolute atomic E-state index is 12.7. The SMILES string of the molecule is Cc1ccc(O[C@H]2CCN(C(=O)c3cc4ccccc4[nH]3)C2)nn1. The van der Waals surface area contributed by atoms with Crippen molar-refractivity contribution in [2.24, 2.45) is 0 Å². The summed E-state index contributed by atoms with van der Waals surface area (Å²) in [5.41, 5.74) is 2.44. The molecule has 0 spiro atoms. The van der Waals surface area contributed by atoms with Crippen LogP contribution in [0.3, 0.4) is 0 Å². The van der Waals surface area contributed by atoms with Gasteiger partial charge in [0.25, 0.3) is 5.91 Å². The molecule has 122 valence electrons. The molecule has 6 nitrogen and oxygen atoms in total. The van der Waals surface area contributed by atoms with Crippen molar-refractivity contribution in [3.8, 4) is 5.88 Å². The van der Waals surface area contributed by atoms with Gasteiger partial charge in [0, 0.05) is 29.9 Å². The van der Waals surface area contributed by atoms with Crippen molar-refractivity contribution in [3.63, 3.8) is 0 Å². The maximum Gasteiger partial charge on any atom is 0.270 e. The second-order valence-corrected chi connectivity index (χ2v) is 6.06. The Kier molecular flexibility index (Phi) is 3.65. The number of carbonyl (C=O) groups is 1. The number of rotatable bonds is 3. The molecule has 3 heterocycles. The molecule has 1 aromatic carbocycles. The Hall–Kier alpha value is -2.89. The van der Waals surface area contributed by atoms with Crippen LogP contribution in [-0.4, -0.2) is 45.2 Å². The van der Waals surface area contributed by atoms with Crippen LogP contribution in [0.25, 0.3) is 10.9 Å². The Balaban J connectivity index is 1.44. The lowest BCUT2D eigenvalue weighted by molar-refractivity contribution is 0.0766. The summed E-state index contributed by atoms with van der Waals surface area (Å²) >= 11 is 0. The summed E-state index contributed by atoms with van der Waals surface area (Å²) in [5.74, 6) is 0.512. The molecule has 1 N–H and O–H groups in total. The number of aromatic nitrogens is 3. The number of carbonyl (C=O) groups excluding carboxylic acids is 1. The molecule has 0 bridgehead atoms. The van der Waals surface area contributed by atoms with Gasteiger partial charge in [-0.2, -0.15) is 5.10 Å². The van der Waals surface area contributed by atoms with Crippen LogP contribution in [0.1, 0.15) is 22.6 Å². The first-order valence-electron chi connectivity index (χ1n) is 8.03. The number of hydrogen-bond donors (Lipinski definition) is 1. The topological polar surface area (TPSA) is 71.1 Å². The number of benzene rings is 1. The number of H-pyrrole nitrogens is 1. The van der Waals surface area contributed by atoms with E-state index in [1.54, 1.807) is 0 Å². The molecule has 4 rings (SSSR count). The highest BCUT2D eigenvalue weighted by atomic mass is 16.5. The highest BCUT2D eigenvalue weighted by Gasteiger charge is 2.29. The zero-order chi connectivity index (χ0) is 16.5. The number of aryl methyl sites for hydroxylation is 1. The number of para-hydroxylation sites is 1. The molecule has 0 aliphatic carbocycles. The first-order valence-corrected chi connectivity index (χ1v) is 8.03. The second kappa shape index (κ2) is 5.96. The van der Waals surface area contributed by atoms with Crippen molar-refractivity contribution in [3.05, 3.63) is 53.9 Å². The summed E-state index contributed by atoms with van der Waals surface area (Å²) in [5, 5.41) is 9.05. The molecule has 1 aliphatic heterocycles. The number of aromatic amines is 1. The van der Waals surface area contributed by atoms with E-state index in [0.29, 0.717) is 24.7 Å². The Morgan fingerprint density at radius 1 is 1.25 bits per heavy atom. The van der Waals surface area contributed by atoms with Gasteiger partial charge in [-0.3, -0.25) is 4.79 Å². The van der Waals surface area contributed by atoms with Gasteiger partial charge in [0.05, 0.1) is 12.2 Å². The van der Waals surface area contributed by atoms with Crippen molar-refractivity contribution in [2.45, 2.75) is 19.4 Å². The van der Waals surface area contributed by atoms with E-state index in [2.05, 4.69) is 15.2 Å². The molecule has 24 heavy (non-hydrogen) atoms. The number of hydrogen-bond acceptors (Lipinski definition) is 4. The third kappa shape index (κ3) is 2.82. The Morgan fingerprint density at radius 2 is 2.12 bits per heavy atom. The van der Waals surface area contributed by atoms with Crippen molar-refractivity contribution in [2.75, 3.05) is 13.1 Å². The van der Waals surface area contributed by atoms with Crippen molar-refractivity contribution in [1.82, 2.24) is 20.1 Å². The van der Waals surface area contributed by atoms with Gasteiger partial charge in [-0.1, -0.05) is 18.2 Å². The molecule has 0 saturated carbocycles. The Morgan fingerprint density at radius 3 is 2.92 bits per heavy atom. The molecule has 1 saturated heterocycles. The molecule has 1 atom stereocenters. The van der Waals surface area contributed by atoms with Gasteiger partial charge < -0.3 is 14.6 Å². The lowest BCUT2D eigenvalue weighted by Gasteiger charge is -2.16. The molecule has 0 radical (unpaired) electrons. The number of fused-ring (bicyclic) bond motifs is 1. The summed E-state index contributed by atoms with van der Waals surface area (Å²) in [6, 6.07) is 13.5.